The smallest absolute Gasteiger partial charge is 0.408 e. The van der Waals surface area contributed by atoms with E-state index >= 15 is 0 Å². The van der Waals surface area contributed by atoms with Crippen LogP contribution >= 0.6 is 0 Å². The Balaban J connectivity index is 1.24. The molecule has 1 aliphatic heterocycles. The van der Waals surface area contributed by atoms with Gasteiger partial charge in [-0.2, -0.15) is 0 Å². The van der Waals surface area contributed by atoms with Gasteiger partial charge >= 0.3 is 12.1 Å². The second-order valence-electron chi connectivity index (χ2n) is 13.5. The molecule has 0 aromatic heterocycles. The summed E-state index contributed by atoms with van der Waals surface area (Å²) in [5.41, 5.74) is 1.30. The van der Waals surface area contributed by atoms with E-state index in [1.165, 1.54) is 12.0 Å². The number of hydrogen-bond acceptors (Lipinski definition) is 7. The summed E-state index contributed by atoms with van der Waals surface area (Å²) in [7, 11) is 1.28. The number of methoxy groups -OCH3 is 1. The summed E-state index contributed by atoms with van der Waals surface area (Å²) in [6.07, 6.45) is 2.24. The first-order valence-corrected chi connectivity index (χ1v) is 15.1. The van der Waals surface area contributed by atoms with Crippen LogP contribution in [0.25, 0.3) is 0 Å². The molecule has 6 rings (SSSR count). The maximum Gasteiger partial charge on any atom is 0.408 e. The largest absolute Gasteiger partial charge is 0.467 e. The number of alkyl carbamates (subject to hydrolysis) is 1. The fourth-order valence-electron chi connectivity index (χ4n) is 7.06. The zero-order chi connectivity index (χ0) is 31.7. The quantitative estimate of drug-likeness (QED) is 0.309. The molecule has 4 aliphatic rings. The van der Waals surface area contributed by atoms with Gasteiger partial charge in [0.1, 0.15) is 17.7 Å². The Kier molecular flexibility index (Phi) is 8.55. The highest BCUT2D eigenvalue weighted by Gasteiger charge is 2.69. The van der Waals surface area contributed by atoms with E-state index in [1.54, 1.807) is 24.3 Å². The molecule has 234 valence electrons. The number of carbonyl (C=O) groups is 5. The summed E-state index contributed by atoms with van der Waals surface area (Å²) in [5.74, 6) is -1.43. The van der Waals surface area contributed by atoms with Crippen LogP contribution in [0.15, 0.2) is 54.6 Å². The predicted molar refractivity (Wildman–Crippen MR) is 161 cm³/mol. The highest BCUT2D eigenvalue weighted by molar-refractivity contribution is 5.98. The Morgan fingerprint density at radius 2 is 1.57 bits per heavy atom. The molecule has 2 atom stereocenters. The summed E-state index contributed by atoms with van der Waals surface area (Å²) in [6, 6.07) is 14.7. The molecule has 3 saturated carbocycles. The number of nitrogens with one attached hydrogen (secondary N) is 2. The normalized spacial score (nSPS) is 24.0. The van der Waals surface area contributed by atoms with E-state index in [0.29, 0.717) is 37.7 Å². The van der Waals surface area contributed by atoms with E-state index in [2.05, 4.69) is 10.6 Å². The summed E-state index contributed by atoms with van der Waals surface area (Å²) < 4.78 is 10.5. The molecule has 2 bridgehead atoms. The van der Waals surface area contributed by atoms with Gasteiger partial charge in [0, 0.05) is 36.9 Å². The molecule has 2 aromatic carbocycles. The Morgan fingerprint density at radius 3 is 2.20 bits per heavy atom. The number of esters is 1. The number of ether oxygens (including phenoxy) is 2. The van der Waals surface area contributed by atoms with Gasteiger partial charge in [0.15, 0.2) is 5.78 Å². The zero-order valence-corrected chi connectivity index (χ0v) is 25.8. The van der Waals surface area contributed by atoms with Gasteiger partial charge in [-0.05, 0) is 63.0 Å². The number of amides is 3. The van der Waals surface area contributed by atoms with Gasteiger partial charge in [-0.15, -0.1) is 0 Å². The fourth-order valence-corrected chi connectivity index (χ4v) is 7.06. The second kappa shape index (κ2) is 12.1. The molecular weight excluding hydrogens is 562 g/mol. The maximum absolute atomic E-state index is 13.8. The number of ketones is 1. The number of benzene rings is 2. The second-order valence-corrected chi connectivity index (χ2v) is 13.5. The molecule has 10 nitrogen and oxygen atoms in total. The minimum absolute atomic E-state index is 0.0295. The molecule has 3 aliphatic carbocycles. The zero-order valence-electron chi connectivity index (χ0n) is 25.8. The number of carbonyl (C=O) groups excluding carboxylic acids is 5. The van der Waals surface area contributed by atoms with E-state index in [9.17, 15) is 24.0 Å². The molecule has 0 radical (unpaired) electrons. The first-order chi connectivity index (χ1) is 20.8. The van der Waals surface area contributed by atoms with Crippen molar-refractivity contribution in [3.63, 3.8) is 0 Å². The van der Waals surface area contributed by atoms with Crippen LogP contribution in [-0.2, 0) is 36.8 Å². The molecule has 3 fully saturated rings. The lowest BCUT2D eigenvalue weighted by Crippen LogP contribution is -2.76. The van der Waals surface area contributed by atoms with Crippen molar-refractivity contribution >= 4 is 29.7 Å². The maximum atomic E-state index is 13.8. The van der Waals surface area contributed by atoms with Crippen LogP contribution in [-0.4, -0.2) is 64.9 Å². The van der Waals surface area contributed by atoms with Crippen molar-refractivity contribution in [2.75, 3.05) is 7.11 Å². The topological polar surface area (TPSA) is 131 Å². The molecule has 2 aromatic rings. The van der Waals surface area contributed by atoms with Gasteiger partial charge in [-0.3, -0.25) is 14.4 Å². The highest BCUT2D eigenvalue weighted by Crippen LogP contribution is 2.69. The van der Waals surface area contributed by atoms with Gasteiger partial charge in [0.05, 0.1) is 7.11 Å². The van der Waals surface area contributed by atoms with E-state index < -0.39 is 35.7 Å². The van der Waals surface area contributed by atoms with Crippen LogP contribution in [0, 0.1) is 5.41 Å². The Morgan fingerprint density at radius 1 is 0.932 bits per heavy atom. The minimum atomic E-state index is -0.902. The van der Waals surface area contributed by atoms with E-state index in [-0.39, 0.29) is 42.0 Å². The van der Waals surface area contributed by atoms with Crippen molar-refractivity contribution in [1.29, 1.82) is 0 Å². The third kappa shape index (κ3) is 6.79. The van der Waals surface area contributed by atoms with Crippen molar-refractivity contribution in [2.24, 2.45) is 5.41 Å². The van der Waals surface area contributed by atoms with Crippen molar-refractivity contribution in [3.8, 4) is 0 Å². The SMILES string of the molecule is COC(=O)C(CC12CC(NC(=O)OC(C)(C)C)(C1)C2)NC(=O)[C@@H]1Cc2ccccc2CN1C(=O)CCC(=O)c1ccccc1. The summed E-state index contributed by atoms with van der Waals surface area (Å²) in [6.45, 7) is 5.66. The lowest BCUT2D eigenvalue weighted by atomic mass is 9.38. The first kappa shape index (κ1) is 31.2. The summed E-state index contributed by atoms with van der Waals surface area (Å²) >= 11 is 0. The molecular formula is C34H41N3O7. The van der Waals surface area contributed by atoms with Crippen molar-refractivity contribution < 1.29 is 33.4 Å². The molecule has 0 saturated heterocycles. The minimum Gasteiger partial charge on any atom is -0.467 e. The molecule has 1 heterocycles. The predicted octanol–water partition coefficient (Wildman–Crippen LogP) is 4.10. The summed E-state index contributed by atoms with van der Waals surface area (Å²) in [4.78, 5) is 66.7. The fraction of sp³-hybridized carbons (Fsp3) is 0.500. The Labute approximate surface area is 257 Å². The van der Waals surface area contributed by atoms with Crippen LogP contribution in [0.1, 0.15) is 80.8 Å². The van der Waals surface area contributed by atoms with Gasteiger partial charge in [-0.25, -0.2) is 9.59 Å². The third-order valence-corrected chi connectivity index (χ3v) is 8.88. The number of Topliss-reactive ketones (excluding diaryl/α,β-unsaturated/α-hetero) is 1. The average molecular weight is 604 g/mol. The van der Waals surface area contributed by atoms with Crippen LogP contribution in [0.5, 0.6) is 0 Å². The molecule has 1 unspecified atom stereocenters. The molecule has 10 heteroatoms. The van der Waals surface area contributed by atoms with Gasteiger partial charge < -0.3 is 25.0 Å². The average Bonchev–Trinajstić information content (AvgIpc) is 2.95. The van der Waals surface area contributed by atoms with Gasteiger partial charge in [0.2, 0.25) is 11.8 Å². The van der Waals surface area contributed by atoms with Crippen LogP contribution < -0.4 is 10.6 Å². The molecule has 3 amide bonds. The van der Waals surface area contributed by atoms with E-state index in [0.717, 1.165) is 11.1 Å². The lowest BCUT2D eigenvalue weighted by molar-refractivity contribution is -0.171. The van der Waals surface area contributed by atoms with E-state index in [4.69, 9.17) is 9.47 Å². The van der Waals surface area contributed by atoms with Crippen LogP contribution in [0.3, 0.4) is 0 Å². The number of rotatable bonds is 10. The summed E-state index contributed by atoms with van der Waals surface area (Å²) in [5, 5.41) is 5.86. The standard InChI is InChI=1S/C34H41N3O7/c1-32(2,3)44-31(42)36-34-19-33(20-34,21-34)17-25(30(41)43-4)35-29(40)26-16-23-12-8-9-13-24(23)18-37(26)28(39)15-14-27(38)22-10-6-5-7-11-22/h5-13,25-26H,14-21H2,1-4H3,(H,35,40)(H,36,42)/t25?,26-,33?,34?/m0/s1. The monoisotopic (exact) mass is 603 g/mol. The van der Waals surface area contributed by atoms with Crippen molar-refractivity contribution in [1.82, 2.24) is 15.5 Å². The van der Waals surface area contributed by atoms with Crippen LogP contribution in [0.2, 0.25) is 0 Å². The Hall–Kier alpha value is -4.21. The number of fused-ring (bicyclic) bond motifs is 1. The third-order valence-electron chi connectivity index (χ3n) is 8.88. The van der Waals surface area contributed by atoms with Crippen molar-refractivity contribution in [3.05, 3.63) is 71.3 Å². The molecule has 44 heavy (non-hydrogen) atoms. The molecule has 0 spiro atoms. The van der Waals surface area contributed by atoms with E-state index in [1.807, 2.05) is 51.1 Å². The number of hydrogen-bond donors (Lipinski definition) is 2. The van der Waals surface area contributed by atoms with Gasteiger partial charge in [0.25, 0.3) is 0 Å². The van der Waals surface area contributed by atoms with Crippen LogP contribution in [0.4, 0.5) is 4.79 Å². The lowest BCUT2D eigenvalue weighted by Gasteiger charge is -2.71. The Bertz CT molecular complexity index is 1430. The van der Waals surface area contributed by atoms with Gasteiger partial charge in [-0.1, -0.05) is 54.6 Å². The van der Waals surface area contributed by atoms with Crippen molar-refractivity contribution in [2.45, 2.75) is 95.5 Å². The molecule has 2 N–H and O–H groups in total. The first-order valence-electron chi connectivity index (χ1n) is 15.1. The highest BCUT2D eigenvalue weighted by atomic mass is 16.6. The number of nitrogens with zero attached hydrogens (tertiary/aromatic N) is 1.